The Balaban J connectivity index is 1.68. The lowest BCUT2D eigenvalue weighted by atomic mass is 10.1. The molecule has 2 amide bonds. The Kier molecular flexibility index (Phi) is 4.98. The SMILES string of the molecule is CNC(=O)c1ccc(/C=C/C(=O)N(C)C2CCc3ccccc32)cc1. The third-order valence-electron chi connectivity index (χ3n) is 4.73. The number of carbonyl (C=O) groups is 2. The molecule has 1 aliphatic rings. The minimum Gasteiger partial charge on any atom is -0.355 e. The van der Waals surface area contributed by atoms with Gasteiger partial charge in [0.15, 0.2) is 0 Å². The van der Waals surface area contributed by atoms with Gasteiger partial charge in [-0.25, -0.2) is 0 Å². The van der Waals surface area contributed by atoms with Crippen LogP contribution < -0.4 is 5.32 Å². The highest BCUT2D eigenvalue weighted by atomic mass is 16.2. The number of aryl methyl sites for hydroxylation is 1. The first-order valence-corrected chi connectivity index (χ1v) is 8.45. The van der Waals surface area contributed by atoms with Crippen LogP contribution in [-0.4, -0.2) is 30.8 Å². The van der Waals surface area contributed by atoms with Crippen molar-refractivity contribution in [3.05, 3.63) is 76.9 Å². The second-order valence-corrected chi connectivity index (χ2v) is 6.24. The zero-order valence-electron chi connectivity index (χ0n) is 14.5. The number of fused-ring (bicyclic) bond motifs is 1. The van der Waals surface area contributed by atoms with E-state index in [9.17, 15) is 9.59 Å². The lowest BCUT2D eigenvalue weighted by Crippen LogP contribution is -2.28. The largest absolute Gasteiger partial charge is 0.355 e. The fourth-order valence-electron chi connectivity index (χ4n) is 3.27. The van der Waals surface area contributed by atoms with E-state index in [-0.39, 0.29) is 17.9 Å². The Bertz CT molecular complexity index is 809. The van der Waals surface area contributed by atoms with E-state index in [4.69, 9.17) is 0 Å². The van der Waals surface area contributed by atoms with Crippen LogP contribution in [0, 0.1) is 0 Å². The second-order valence-electron chi connectivity index (χ2n) is 6.24. The molecular weight excluding hydrogens is 312 g/mol. The molecular formula is C21H22N2O2. The Morgan fingerprint density at radius 2 is 1.84 bits per heavy atom. The minimum absolute atomic E-state index is 0.0166. The summed E-state index contributed by atoms with van der Waals surface area (Å²) in [6, 6.07) is 15.6. The number of rotatable bonds is 4. The zero-order valence-corrected chi connectivity index (χ0v) is 14.5. The van der Waals surface area contributed by atoms with Crippen LogP contribution in [0.1, 0.15) is 39.5 Å². The van der Waals surface area contributed by atoms with E-state index in [1.807, 2.05) is 31.3 Å². The minimum atomic E-state index is -0.119. The summed E-state index contributed by atoms with van der Waals surface area (Å²) in [5.41, 5.74) is 4.08. The molecule has 4 nitrogen and oxygen atoms in total. The molecule has 0 radical (unpaired) electrons. The van der Waals surface area contributed by atoms with E-state index in [0.29, 0.717) is 5.56 Å². The maximum atomic E-state index is 12.5. The standard InChI is InChI=1S/C21H22N2O2/c1-22-21(25)17-10-7-15(8-11-17)9-14-20(24)23(2)19-13-12-16-5-3-4-6-18(16)19/h3-11,14,19H,12-13H2,1-2H3,(H,22,25)/b14-9+. The molecule has 1 unspecified atom stereocenters. The van der Waals surface area contributed by atoms with E-state index in [2.05, 4.69) is 17.4 Å². The smallest absolute Gasteiger partial charge is 0.251 e. The van der Waals surface area contributed by atoms with Gasteiger partial charge < -0.3 is 10.2 Å². The number of carbonyl (C=O) groups excluding carboxylic acids is 2. The molecule has 2 aromatic rings. The molecule has 1 N–H and O–H groups in total. The van der Waals surface area contributed by atoms with Crippen molar-refractivity contribution < 1.29 is 9.59 Å². The lowest BCUT2D eigenvalue weighted by molar-refractivity contribution is -0.126. The third-order valence-corrected chi connectivity index (χ3v) is 4.73. The molecule has 4 heteroatoms. The number of nitrogens with one attached hydrogen (secondary N) is 1. The van der Waals surface area contributed by atoms with E-state index >= 15 is 0 Å². The monoisotopic (exact) mass is 334 g/mol. The summed E-state index contributed by atoms with van der Waals surface area (Å²) in [7, 11) is 3.46. The molecule has 2 aromatic carbocycles. The Morgan fingerprint density at radius 1 is 1.12 bits per heavy atom. The van der Waals surface area contributed by atoms with Gasteiger partial charge in [0, 0.05) is 25.7 Å². The predicted molar refractivity (Wildman–Crippen MR) is 99.1 cm³/mol. The van der Waals surface area contributed by atoms with Crippen LogP contribution >= 0.6 is 0 Å². The van der Waals surface area contributed by atoms with Gasteiger partial charge in [0.05, 0.1) is 6.04 Å². The molecule has 128 valence electrons. The number of likely N-dealkylation sites (N-methyl/N-ethyl adjacent to an activating group) is 1. The van der Waals surface area contributed by atoms with Gasteiger partial charge >= 0.3 is 0 Å². The molecule has 3 rings (SSSR count). The molecule has 25 heavy (non-hydrogen) atoms. The average molecular weight is 334 g/mol. The van der Waals surface area contributed by atoms with Gasteiger partial charge in [0.2, 0.25) is 5.91 Å². The van der Waals surface area contributed by atoms with Crippen LogP contribution in [-0.2, 0) is 11.2 Å². The first-order valence-electron chi connectivity index (χ1n) is 8.45. The molecule has 0 aromatic heterocycles. The van der Waals surface area contributed by atoms with Gasteiger partial charge in [-0.3, -0.25) is 9.59 Å². The highest BCUT2D eigenvalue weighted by Gasteiger charge is 2.27. The number of amides is 2. The van der Waals surface area contributed by atoms with Gasteiger partial charge in [-0.15, -0.1) is 0 Å². The normalized spacial score (nSPS) is 15.8. The molecule has 1 aliphatic carbocycles. The first kappa shape index (κ1) is 17.0. The summed E-state index contributed by atoms with van der Waals surface area (Å²) in [6.45, 7) is 0. The molecule has 0 aliphatic heterocycles. The Hall–Kier alpha value is -2.88. The molecule has 0 bridgehead atoms. The van der Waals surface area contributed by atoms with Crippen LogP contribution in [0.3, 0.4) is 0 Å². The van der Waals surface area contributed by atoms with Crippen molar-refractivity contribution in [1.29, 1.82) is 0 Å². The zero-order chi connectivity index (χ0) is 17.8. The van der Waals surface area contributed by atoms with Crippen molar-refractivity contribution in [1.82, 2.24) is 10.2 Å². The van der Waals surface area contributed by atoms with E-state index in [1.165, 1.54) is 11.1 Å². The first-order chi connectivity index (χ1) is 12.1. The summed E-state index contributed by atoms with van der Waals surface area (Å²) in [5, 5.41) is 2.59. The van der Waals surface area contributed by atoms with E-state index < -0.39 is 0 Å². The van der Waals surface area contributed by atoms with Gasteiger partial charge in [0.25, 0.3) is 5.91 Å². The fourth-order valence-corrected chi connectivity index (χ4v) is 3.27. The van der Waals surface area contributed by atoms with Crippen molar-refractivity contribution in [2.75, 3.05) is 14.1 Å². The molecule has 1 atom stereocenters. The summed E-state index contributed by atoms with van der Waals surface area (Å²) < 4.78 is 0. The van der Waals surface area contributed by atoms with Crippen LogP contribution in [0.15, 0.2) is 54.6 Å². The number of hydrogen-bond acceptors (Lipinski definition) is 2. The van der Waals surface area contributed by atoms with Crippen molar-refractivity contribution in [2.45, 2.75) is 18.9 Å². The predicted octanol–water partition coefficient (Wildman–Crippen LogP) is 3.21. The third kappa shape index (κ3) is 3.63. The number of hydrogen-bond donors (Lipinski definition) is 1. The summed E-state index contributed by atoms with van der Waals surface area (Å²) in [6.07, 6.45) is 5.36. The van der Waals surface area contributed by atoms with Crippen LogP contribution in [0.4, 0.5) is 0 Å². The van der Waals surface area contributed by atoms with Crippen LogP contribution in [0.2, 0.25) is 0 Å². The van der Waals surface area contributed by atoms with Crippen LogP contribution in [0.25, 0.3) is 6.08 Å². The van der Waals surface area contributed by atoms with Crippen LogP contribution in [0.5, 0.6) is 0 Å². The maximum absolute atomic E-state index is 12.5. The molecule has 0 saturated carbocycles. The second kappa shape index (κ2) is 7.34. The highest BCUT2D eigenvalue weighted by molar-refractivity contribution is 5.95. The van der Waals surface area contributed by atoms with Gasteiger partial charge in [0.1, 0.15) is 0 Å². The van der Waals surface area contributed by atoms with Crippen molar-refractivity contribution in [2.24, 2.45) is 0 Å². The maximum Gasteiger partial charge on any atom is 0.251 e. The topological polar surface area (TPSA) is 49.4 Å². The summed E-state index contributed by atoms with van der Waals surface area (Å²) >= 11 is 0. The Morgan fingerprint density at radius 3 is 2.56 bits per heavy atom. The van der Waals surface area contributed by atoms with Crippen molar-refractivity contribution >= 4 is 17.9 Å². The average Bonchev–Trinajstić information content (AvgIpc) is 3.09. The van der Waals surface area contributed by atoms with Crippen molar-refractivity contribution in [3.8, 4) is 0 Å². The van der Waals surface area contributed by atoms with Gasteiger partial charge in [-0.2, -0.15) is 0 Å². The van der Waals surface area contributed by atoms with Gasteiger partial charge in [-0.1, -0.05) is 36.4 Å². The Labute approximate surface area is 148 Å². The van der Waals surface area contributed by atoms with Crippen molar-refractivity contribution in [3.63, 3.8) is 0 Å². The quantitative estimate of drug-likeness (QED) is 0.873. The van der Waals surface area contributed by atoms with E-state index in [0.717, 1.165) is 18.4 Å². The summed E-state index contributed by atoms with van der Waals surface area (Å²) in [5.74, 6) is -0.136. The fraction of sp³-hybridized carbons (Fsp3) is 0.238. The highest BCUT2D eigenvalue weighted by Crippen LogP contribution is 2.34. The molecule has 0 heterocycles. The number of benzene rings is 2. The molecule has 0 spiro atoms. The van der Waals surface area contributed by atoms with E-state index in [1.54, 1.807) is 36.2 Å². The van der Waals surface area contributed by atoms with Gasteiger partial charge in [-0.05, 0) is 47.7 Å². The molecule has 0 fully saturated rings. The molecule has 0 saturated heterocycles. The summed E-state index contributed by atoms with van der Waals surface area (Å²) in [4.78, 5) is 25.9. The lowest BCUT2D eigenvalue weighted by Gasteiger charge is -2.24. The number of nitrogens with zero attached hydrogens (tertiary/aromatic N) is 1.